The van der Waals surface area contributed by atoms with Gasteiger partial charge in [0.25, 0.3) is 0 Å². The third-order valence-corrected chi connectivity index (χ3v) is 2.77. The molecule has 4 heteroatoms. The van der Waals surface area contributed by atoms with Gasteiger partial charge in [-0.15, -0.1) is 0 Å². The lowest BCUT2D eigenvalue weighted by atomic mass is 10.1. The Labute approximate surface area is 112 Å². The summed E-state index contributed by atoms with van der Waals surface area (Å²) in [7, 11) is 0. The summed E-state index contributed by atoms with van der Waals surface area (Å²) >= 11 is 4.89. The van der Waals surface area contributed by atoms with Gasteiger partial charge in [-0.25, -0.2) is 0 Å². The van der Waals surface area contributed by atoms with E-state index in [1.807, 2.05) is 37.3 Å². The molecule has 0 saturated carbocycles. The van der Waals surface area contributed by atoms with Crippen LogP contribution in [0.3, 0.4) is 0 Å². The van der Waals surface area contributed by atoms with Crippen LogP contribution in [0.2, 0.25) is 0 Å². The van der Waals surface area contributed by atoms with E-state index < -0.39 is 0 Å². The lowest BCUT2D eigenvalue weighted by Gasteiger charge is -2.15. The molecule has 1 atom stereocenters. The summed E-state index contributed by atoms with van der Waals surface area (Å²) < 4.78 is 5.84. The van der Waals surface area contributed by atoms with E-state index in [9.17, 15) is 0 Å². The predicted octanol–water partition coefficient (Wildman–Crippen LogP) is 2.86. The van der Waals surface area contributed by atoms with Crippen LogP contribution in [-0.4, -0.2) is 9.97 Å². The monoisotopic (exact) mass is 258 g/mol. The van der Waals surface area contributed by atoms with E-state index in [0.717, 1.165) is 5.56 Å². The lowest BCUT2D eigenvalue weighted by Crippen LogP contribution is -2.12. The van der Waals surface area contributed by atoms with Crippen molar-refractivity contribution in [3.05, 3.63) is 59.9 Å². The molecule has 2 rings (SSSR count). The van der Waals surface area contributed by atoms with Gasteiger partial charge in [0.1, 0.15) is 22.5 Å². The van der Waals surface area contributed by atoms with E-state index in [1.54, 1.807) is 18.3 Å². The number of aromatic nitrogens is 1. The normalized spacial score (nSPS) is 11.8. The molecular formula is C14H14N2OS. The molecule has 1 aromatic carbocycles. The van der Waals surface area contributed by atoms with Crippen molar-refractivity contribution in [2.24, 2.45) is 5.73 Å². The molecule has 0 spiro atoms. The van der Waals surface area contributed by atoms with E-state index in [4.69, 9.17) is 22.7 Å². The van der Waals surface area contributed by atoms with Crippen molar-refractivity contribution in [3.63, 3.8) is 0 Å². The summed E-state index contributed by atoms with van der Waals surface area (Å²) in [4.78, 5) is 4.34. The topological polar surface area (TPSA) is 48.1 Å². The van der Waals surface area contributed by atoms with E-state index in [-0.39, 0.29) is 11.1 Å². The lowest BCUT2D eigenvalue weighted by molar-refractivity contribution is 0.226. The van der Waals surface area contributed by atoms with Crippen LogP contribution < -0.4 is 10.5 Å². The van der Waals surface area contributed by atoms with E-state index in [2.05, 4.69) is 4.98 Å². The van der Waals surface area contributed by atoms with Crippen molar-refractivity contribution in [3.8, 4) is 5.75 Å². The third-order valence-electron chi connectivity index (χ3n) is 2.57. The van der Waals surface area contributed by atoms with Gasteiger partial charge in [0.05, 0.1) is 0 Å². The van der Waals surface area contributed by atoms with Crippen molar-refractivity contribution < 1.29 is 4.74 Å². The quantitative estimate of drug-likeness (QED) is 0.857. The van der Waals surface area contributed by atoms with Gasteiger partial charge in [-0.3, -0.25) is 4.98 Å². The second kappa shape index (κ2) is 5.60. The molecule has 0 aliphatic rings. The van der Waals surface area contributed by atoms with Crippen LogP contribution in [0.4, 0.5) is 0 Å². The highest BCUT2D eigenvalue weighted by Crippen LogP contribution is 2.21. The average Bonchev–Trinajstić information content (AvgIpc) is 2.40. The number of pyridine rings is 1. The van der Waals surface area contributed by atoms with Crippen LogP contribution >= 0.6 is 12.2 Å². The van der Waals surface area contributed by atoms with Gasteiger partial charge in [0, 0.05) is 12.3 Å². The first kappa shape index (κ1) is 12.5. The number of nitrogens with zero attached hydrogens (tertiary/aromatic N) is 1. The maximum atomic E-state index is 5.84. The van der Waals surface area contributed by atoms with Crippen molar-refractivity contribution >= 4 is 17.2 Å². The van der Waals surface area contributed by atoms with E-state index in [1.165, 1.54) is 0 Å². The summed E-state index contributed by atoms with van der Waals surface area (Å²) in [5.41, 5.74) is 7.23. The summed E-state index contributed by atoms with van der Waals surface area (Å²) in [6.45, 7) is 2.00. The molecule has 1 unspecified atom stereocenters. The first-order chi connectivity index (χ1) is 8.66. The van der Waals surface area contributed by atoms with E-state index >= 15 is 0 Å². The molecule has 18 heavy (non-hydrogen) atoms. The highest BCUT2D eigenvalue weighted by molar-refractivity contribution is 7.80. The maximum Gasteiger partial charge on any atom is 0.124 e. The molecule has 0 aliphatic heterocycles. The zero-order chi connectivity index (χ0) is 13.0. The zero-order valence-corrected chi connectivity index (χ0v) is 10.9. The van der Waals surface area contributed by atoms with Crippen molar-refractivity contribution in [1.82, 2.24) is 4.98 Å². The number of ether oxygens (including phenoxy) is 1. The minimum absolute atomic E-state index is 0.0344. The van der Waals surface area contributed by atoms with Gasteiger partial charge < -0.3 is 10.5 Å². The fourth-order valence-electron chi connectivity index (χ4n) is 1.62. The summed E-state index contributed by atoms with van der Waals surface area (Å²) in [5.74, 6) is 0.712. The minimum atomic E-state index is -0.0344. The first-order valence-corrected chi connectivity index (χ1v) is 6.05. The molecule has 1 aromatic heterocycles. The first-order valence-electron chi connectivity index (χ1n) is 5.64. The van der Waals surface area contributed by atoms with Crippen LogP contribution in [-0.2, 0) is 0 Å². The van der Waals surface area contributed by atoms with Crippen LogP contribution in [0.25, 0.3) is 0 Å². The van der Waals surface area contributed by atoms with Gasteiger partial charge >= 0.3 is 0 Å². The standard InChI is InChI=1S/C14H14N2OS/c1-10(11-5-3-2-4-6-11)17-12-7-8-16-13(9-12)14(15)18/h2-10H,1H3,(H2,15,18). The number of nitrogens with two attached hydrogens (primary N) is 1. The van der Waals surface area contributed by atoms with Gasteiger partial charge in [-0.05, 0) is 18.6 Å². The highest BCUT2D eigenvalue weighted by Gasteiger charge is 2.07. The molecule has 0 fully saturated rings. The van der Waals surface area contributed by atoms with Crippen LogP contribution in [0, 0.1) is 0 Å². The third kappa shape index (κ3) is 3.05. The molecular weight excluding hydrogens is 244 g/mol. The molecule has 92 valence electrons. The van der Waals surface area contributed by atoms with Gasteiger partial charge in [-0.1, -0.05) is 42.5 Å². The van der Waals surface area contributed by atoms with E-state index in [0.29, 0.717) is 11.4 Å². The average molecular weight is 258 g/mol. The predicted molar refractivity (Wildman–Crippen MR) is 75.6 cm³/mol. The Morgan fingerprint density at radius 2 is 2.00 bits per heavy atom. The summed E-state index contributed by atoms with van der Waals surface area (Å²) in [5, 5.41) is 0. The molecule has 0 amide bonds. The fraction of sp³-hybridized carbons (Fsp3) is 0.143. The highest BCUT2D eigenvalue weighted by atomic mass is 32.1. The number of benzene rings is 1. The van der Waals surface area contributed by atoms with Crippen LogP contribution in [0.15, 0.2) is 48.7 Å². The van der Waals surface area contributed by atoms with Gasteiger partial charge in [0.15, 0.2) is 0 Å². The molecule has 0 bridgehead atoms. The second-order valence-corrected chi connectivity index (χ2v) is 4.35. The Morgan fingerprint density at radius 1 is 1.28 bits per heavy atom. The van der Waals surface area contributed by atoms with Gasteiger partial charge in [-0.2, -0.15) is 0 Å². The molecule has 2 aromatic rings. The van der Waals surface area contributed by atoms with Crippen molar-refractivity contribution in [2.45, 2.75) is 13.0 Å². The molecule has 1 heterocycles. The Balaban J connectivity index is 2.14. The fourth-order valence-corrected chi connectivity index (χ4v) is 1.73. The largest absolute Gasteiger partial charge is 0.486 e. The van der Waals surface area contributed by atoms with Crippen LogP contribution in [0.1, 0.15) is 24.3 Å². The smallest absolute Gasteiger partial charge is 0.124 e. The second-order valence-electron chi connectivity index (χ2n) is 3.91. The van der Waals surface area contributed by atoms with Crippen LogP contribution in [0.5, 0.6) is 5.75 Å². The SMILES string of the molecule is CC(Oc1ccnc(C(N)=S)c1)c1ccccc1. The Hall–Kier alpha value is -1.94. The molecule has 0 radical (unpaired) electrons. The number of hydrogen-bond acceptors (Lipinski definition) is 3. The molecule has 0 aliphatic carbocycles. The Kier molecular flexibility index (Phi) is 3.89. The minimum Gasteiger partial charge on any atom is -0.486 e. The van der Waals surface area contributed by atoms with Gasteiger partial charge in [0.2, 0.25) is 0 Å². The molecule has 3 nitrogen and oxygen atoms in total. The zero-order valence-electron chi connectivity index (χ0n) is 10.0. The molecule has 2 N–H and O–H groups in total. The van der Waals surface area contributed by atoms with Crippen molar-refractivity contribution in [2.75, 3.05) is 0 Å². The summed E-state index contributed by atoms with van der Waals surface area (Å²) in [6, 6.07) is 13.6. The molecule has 0 saturated heterocycles. The maximum absolute atomic E-state index is 5.84. The Bertz CT molecular complexity index is 543. The summed E-state index contributed by atoms with van der Waals surface area (Å²) in [6.07, 6.45) is 1.61. The number of rotatable bonds is 4. The Morgan fingerprint density at radius 3 is 2.67 bits per heavy atom. The number of hydrogen-bond donors (Lipinski definition) is 1. The van der Waals surface area contributed by atoms with Crippen molar-refractivity contribution in [1.29, 1.82) is 0 Å². The number of thiocarbonyl (C=S) groups is 1.